The standard InChI is InChI=1S/C12H15F3N2O2S/c13-12(14,15)6-3-8-17-9-7-16-10-4-1-2-5-11(10)20(17,18)19/h1-2,4-5,16H,3,6-9H2. The molecular formula is C12H15F3N2O2S. The summed E-state index contributed by atoms with van der Waals surface area (Å²) >= 11 is 0. The van der Waals surface area contributed by atoms with Crippen molar-refractivity contribution in [2.75, 3.05) is 25.0 Å². The van der Waals surface area contributed by atoms with Crippen LogP contribution in [0.5, 0.6) is 0 Å². The van der Waals surface area contributed by atoms with Gasteiger partial charge in [0.15, 0.2) is 0 Å². The summed E-state index contributed by atoms with van der Waals surface area (Å²) in [6.45, 7) is 0.412. The first-order valence-electron chi connectivity index (χ1n) is 6.20. The van der Waals surface area contributed by atoms with Crippen molar-refractivity contribution in [3.8, 4) is 0 Å². The number of hydrogen-bond donors (Lipinski definition) is 1. The van der Waals surface area contributed by atoms with E-state index in [0.717, 1.165) is 4.31 Å². The van der Waals surface area contributed by atoms with Crippen molar-refractivity contribution in [1.29, 1.82) is 0 Å². The van der Waals surface area contributed by atoms with Crippen LogP contribution in [0.1, 0.15) is 12.8 Å². The van der Waals surface area contributed by atoms with Crippen molar-refractivity contribution in [3.63, 3.8) is 0 Å². The maximum absolute atomic E-state index is 12.4. The summed E-state index contributed by atoms with van der Waals surface area (Å²) in [7, 11) is -3.73. The third kappa shape index (κ3) is 3.43. The summed E-state index contributed by atoms with van der Waals surface area (Å²) in [5.74, 6) is 0. The molecule has 0 fully saturated rings. The highest BCUT2D eigenvalue weighted by molar-refractivity contribution is 7.89. The highest BCUT2D eigenvalue weighted by Gasteiger charge is 2.31. The fourth-order valence-electron chi connectivity index (χ4n) is 2.10. The van der Waals surface area contributed by atoms with Gasteiger partial charge in [-0.05, 0) is 18.6 Å². The Labute approximate surface area is 115 Å². The monoisotopic (exact) mass is 308 g/mol. The smallest absolute Gasteiger partial charge is 0.383 e. The summed E-state index contributed by atoms with van der Waals surface area (Å²) in [5.41, 5.74) is 0.492. The van der Waals surface area contributed by atoms with Crippen molar-refractivity contribution in [2.45, 2.75) is 23.9 Å². The van der Waals surface area contributed by atoms with Crippen LogP contribution in [-0.2, 0) is 10.0 Å². The van der Waals surface area contributed by atoms with Gasteiger partial charge in [-0.15, -0.1) is 0 Å². The number of hydrogen-bond acceptors (Lipinski definition) is 3. The molecule has 0 saturated heterocycles. The molecule has 0 bridgehead atoms. The minimum atomic E-state index is -4.26. The van der Waals surface area contributed by atoms with Gasteiger partial charge < -0.3 is 5.32 Å². The van der Waals surface area contributed by atoms with Crippen molar-refractivity contribution >= 4 is 15.7 Å². The number of alkyl halides is 3. The predicted octanol–water partition coefficient (Wildman–Crippen LogP) is 2.45. The SMILES string of the molecule is O=S1(=O)c2ccccc2NCCN1CCCC(F)(F)F. The number of para-hydroxylation sites is 1. The highest BCUT2D eigenvalue weighted by Crippen LogP contribution is 2.28. The second kappa shape index (κ2) is 5.61. The Bertz CT molecular complexity index is 572. The third-order valence-corrected chi connectivity index (χ3v) is 5.01. The van der Waals surface area contributed by atoms with Gasteiger partial charge in [0.25, 0.3) is 0 Å². The first-order chi connectivity index (χ1) is 9.31. The number of benzene rings is 1. The Morgan fingerprint density at radius 3 is 2.65 bits per heavy atom. The molecule has 0 spiro atoms. The lowest BCUT2D eigenvalue weighted by atomic mass is 10.3. The molecule has 0 radical (unpaired) electrons. The quantitative estimate of drug-likeness (QED) is 0.933. The van der Waals surface area contributed by atoms with Crippen molar-refractivity contribution in [2.24, 2.45) is 0 Å². The molecule has 1 N–H and O–H groups in total. The fourth-order valence-corrected chi connectivity index (χ4v) is 3.75. The summed E-state index contributed by atoms with van der Waals surface area (Å²) in [5, 5.41) is 2.97. The van der Waals surface area contributed by atoms with Crippen LogP contribution < -0.4 is 5.32 Å². The second-order valence-corrected chi connectivity index (χ2v) is 6.45. The molecule has 0 atom stereocenters. The normalized spacial score (nSPS) is 18.9. The Kier molecular flexibility index (Phi) is 4.24. The van der Waals surface area contributed by atoms with E-state index in [4.69, 9.17) is 0 Å². The lowest BCUT2D eigenvalue weighted by Gasteiger charge is -2.20. The molecule has 0 aliphatic carbocycles. The molecule has 0 amide bonds. The molecule has 0 saturated carbocycles. The van der Waals surface area contributed by atoms with Gasteiger partial charge in [0.2, 0.25) is 10.0 Å². The highest BCUT2D eigenvalue weighted by atomic mass is 32.2. The molecule has 8 heteroatoms. The topological polar surface area (TPSA) is 49.4 Å². The van der Waals surface area contributed by atoms with Crippen LogP contribution in [-0.4, -0.2) is 38.5 Å². The first-order valence-corrected chi connectivity index (χ1v) is 7.64. The molecule has 112 valence electrons. The Balaban J connectivity index is 2.15. The summed E-state index contributed by atoms with van der Waals surface area (Å²) in [6.07, 6.45) is -5.47. The van der Waals surface area contributed by atoms with E-state index in [1.165, 1.54) is 6.07 Å². The fraction of sp³-hybridized carbons (Fsp3) is 0.500. The number of rotatable bonds is 3. The van der Waals surface area contributed by atoms with E-state index in [1.807, 2.05) is 0 Å². The van der Waals surface area contributed by atoms with E-state index in [0.29, 0.717) is 12.2 Å². The molecule has 0 aromatic heterocycles. The first kappa shape index (κ1) is 15.1. The number of nitrogens with one attached hydrogen (secondary N) is 1. The lowest BCUT2D eigenvalue weighted by Crippen LogP contribution is -2.34. The summed E-state index contributed by atoms with van der Waals surface area (Å²) in [6, 6.07) is 6.41. The maximum Gasteiger partial charge on any atom is 0.389 e. The average Bonchev–Trinajstić information content (AvgIpc) is 2.47. The van der Waals surface area contributed by atoms with E-state index < -0.39 is 22.6 Å². The van der Waals surface area contributed by atoms with Gasteiger partial charge in [-0.2, -0.15) is 17.5 Å². The van der Waals surface area contributed by atoms with Crippen molar-refractivity contribution in [1.82, 2.24) is 4.31 Å². The minimum Gasteiger partial charge on any atom is -0.383 e. The van der Waals surface area contributed by atoms with Crippen molar-refractivity contribution in [3.05, 3.63) is 24.3 Å². The van der Waals surface area contributed by atoms with Crippen LogP contribution in [0.15, 0.2) is 29.2 Å². The van der Waals surface area contributed by atoms with Crippen LogP contribution in [0.2, 0.25) is 0 Å². The molecule has 0 unspecified atom stereocenters. The zero-order valence-electron chi connectivity index (χ0n) is 10.7. The van der Waals surface area contributed by atoms with Crippen molar-refractivity contribution < 1.29 is 21.6 Å². The van der Waals surface area contributed by atoms with Gasteiger partial charge in [-0.3, -0.25) is 0 Å². The molecule has 20 heavy (non-hydrogen) atoms. The average molecular weight is 308 g/mol. The zero-order valence-corrected chi connectivity index (χ0v) is 11.5. The number of sulfonamides is 1. The molecule has 1 heterocycles. The molecule has 1 aliphatic heterocycles. The van der Waals surface area contributed by atoms with E-state index in [1.54, 1.807) is 18.2 Å². The minimum absolute atomic E-state index is 0.115. The number of halogens is 3. The summed E-state index contributed by atoms with van der Waals surface area (Å²) < 4.78 is 62.3. The van der Waals surface area contributed by atoms with E-state index in [9.17, 15) is 21.6 Å². The van der Waals surface area contributed by atoms with Gasteiger partial charge in [-0.1, -0.05) is 12.1 Å². The van der Waals surface area contributed by atoms with Gasteiger partial charge in [0.05, 0.1) is 5.69 Å². The number of nitrogens with zero attached hydrogens (tertiary/aromatic N) is 1. The lowest BCUT2D eigenvalue weighted by molar-refractivity contribution is -0.135. The molecule has 4 nitrogen and oxygen atoms in total. The van der Waals surface area contributed by atoms with Gasteiger partial charge in [0, 0.05) is 26.1 Å². The van der Waals surface area contributed by atoms with Gasteiger partial charge in [0.1, 0.15) is 4.90 Å². The Hall–Kier alpha value is -1.28. The van der Waals surface area contributed by atoms with Crippen LogP contribution >= 0.6 is 0 Å². The molecule has 1 aliphatic rings. The predicted molar refractivity (Wildman–Crippen MR) is 69.0 cm³/mol. The van der Waals surface area contributed by atoms with Gasteiger partial charge >= 0.3 is 6.18 Å². The third-order valence-electron chi connectivity index (χ3n) is 3.05. The number of fused-ring (bicyclic) bond motifs is 1. The number of anilines is 1. The van der Waals surface area contributed by atoms with E-state index >= 15 is 0 Å². The van der Waals surface area contributed by atoms with E-state index in [2.05, 4.69) is 5.32 Å². The van der Waals surface area contributed by atoms with Crippen LogP contribution in [0.4, 0.5) is 18.9 Å². The molecular weight excluding hydrogens is 293 g/mol. The maximum atomic E-state index is 12.4. The molecule has 2 rings (SSSR count). The second-order valence-electron chi connectivity index (χ2n) is 4.55. The van der Waals surface area contributed by atoms with Crippen LogP contribution in [0, 0.1) is 0 Å². The summed E-state index contributed by atoms with van der Waals surface area (Å²) in [4.78, 5) is 0.115. The Morgan fingerprint density at radius 2 is 1.95 bits per heavy atom. The Morgan fingerprint density at radius 1 is 1.25 bits per heavy atom. The molecule has 1 aromatic carbocycles. The van der Waals surface area contributed by atoms with Gasteiger partial charge in [-0.25, -0.2) is 8.42 Å². The zero-order chi connectivity index (χ0) is 14.8. The largest absolute Gasteiger partial charge is 0.389 e. The van der Waals surface area contributed by atoms with Crippen LogP contribution in [0.25, 0.3) is 0 Å². The van der Waals surface area contributed by atoms with Crippen LogP contribution in [0.3, 0.4) is 0 Å². The van der Waals surface area contributed by atoms with E-state index in [-0.39, 0.29) is 24.4 Å². The molecule has 1 aromatic rings.